The Morgan fingerprint density at radius 2 is 1.66 bits per heavy atom. The van der Waals surface area contributed by atoms with Crippen LogP contribution in [0.2, 0.25) is 0 Å². The molecule has 170 valence electrons. The SMILES string of the molecule is CS(=O)(=O)c1ccc(-c2ncc(C(=O)N(C3CC3)C3CCN(C(N)=NO)CC3)cn2)cc1. The van der Waals surface area contributed by atoms with E-state index in [2.05, 4.69) is 15.1 Å². The Morgan fingerprint density at radius 3 is 2.16 bits per heavy atom. The molecular formula is C21H26N6O4S. The number of hydrogen-bond acceptors (Lipinski definition) is 7. The summed E-state index contributed by atoms with van der Waals surface area (Å²) in [5, 5.41) is 11.9. The highest BCUT2D eigenvalue weighted by molar-refractivity contribution is 7.90. The summed E-state index contributed by atoms with van der Waals surface area (Å²) >= 11 is 0. The van der Waals surface area contributed by atoms with Gasteiger partial charge in [-0.25, -0.2) is 18.4 Å². The van der Waals surface area contributed by atoms with E-state index in [4.69, 9.17) is 10.9 Å². The fraction of sp³-hybridized carbons (Fsp3) is 0.429. The number of rotatable bonds is 5. The minimum atomic E-state index is -3.27. The van der Waals surface area contributed by atoms with Crippen LogP contribution in [0.1, 0.15) is 36.0 Å². The predicted octanol–water partition coefficient (Wildman–Crippen LogP) is 1.32. The number of nitrogens with zero attached hydrogens (tertiary/aromatic N) is 5. The van der Waals surface area contributed by atoms with Crippen molar-refractivity contribution < 1.29 is 18.4 Å². The summed E-state index contributed by atoms with van der Waals surface area (Å²) in [6.45, 7) is 1.24. The molecule has 1 aliphatic carbocycles. The molecule has 3 N–H and O–H groups in total. The van der Waals surface area contributed by atoms with Crippen molar-refractivity contribution >= 4 is 21.7 Å². The molecule has 10 nitrogen and oxygen atoms in total. The molecule has 4 rings (SSSR count). The number of likely N-dealkylation sites (tertiary alicyclic amines) is 1. The van der Waals surface area contributed by atoms with E-state index in [1.54, 1.807) is 17.0 Å². The van der Waals surface area contributed by atoms with E-state index in [-0.39, 0.29) is 28.8 Å². The first-order valence-electron chi connectivity index (χ1n) is 10.5. The van der Waals surface area contributed by atoms with Crippen LogP contribution in [-0.2, 0) is 9.84 Å². The fourth-order valence-corrected chi connectivity index (χ4v) is 4.64. The molecule has 0 unspecified atom stereocenters. The molecule has 1 aromatic carbocycles. The number of nitrogens with two attached hydrogens (primary N) is 1. The van der Waals surface area contributed by atoms with Gasteiger partial charge < -0.3 is 20.7 Å². The highest BCUT2D eigenvalue weighted by Crippen LogP contribution is 2.33. The van der Waals surface area contributed by atoms with E-state index in [9.17, 15) is 13.2 Å². The molecule has 2 aromatic rings. The lowest BCUT2D eigenvalue weighted by molar-refractivity contribution is 0.0587. The zero-order valence-electron chi connectivity index (χ0n) is 17.8. The first-order valence-corrected chi connectivity index (χ1v) is 12.3. The number of amides is 1. The molecule has 0 atom stereocenters. The van der Waals surface area contributed by atoms with Crippen LogP contribution < -0.4 is 5.73 Å². The van der Waals surface area contributed by atoms with Crippen LogP contribution in [0.25, 0.3) is 11.4 Å². The van der Waals surface area contributed by atoms with Crippen LogP contribution in [0.5, 0.6) is 0 Å². The minimum absolute atomic E-state index is 0.0842. The van der Waals surface area contributed by atoms with Crippen molar-refractivity contribution in [3.05, 3.63) is 42.2 Å². The van der Waals surface area contributed by atoms with Gasteiger partial charge in [-0.3, -0.25) is 4.79 Å². The Hall–Kier alpha value is -3.21. The average Bonchev–Trinajstić information content (AvgIpc) is 3.64. The van der Waals surface area contributed by atoms with Gasteiger partial charge in [0, 0.05) is 49.4 Å². The fourth-order valence-electron chi connectivity index (χ4n) is 4.01. The van der Waals surface area contributed by atoms with Crippen LogP contribution in [0.4, 0.5) is 0 Å². The van der Waals surface area contributed by atoms with Gasteiger partial charge in [0.05, 0.1) is 10.5 Å². The number of guanidine groups is 1. The lowest BCUT2D eigenvalue weighted by Crippen LogP contribution is -2.51. The number of sulfone groups is 1. The Bertz CT molecular complexity index is 1110. The summed E-state index contributed by atoms with van der Waals surface area (Å²) in [6, 6.07) is 6.65. The summed E-state index contributed by atoms with van der Waals surface area (Å²) in [4.78, 5) is 25.9. The van der Waals surface area contributed by atoms with Crippen molar-refractivity contribution in [3.63, 3.8) is 0 Å². The van der Waals surface area contributed by atoms with Gasteiger partial charge >= 0.3 is 0 Å². The number of benzene rings is 1. The molecule has 0 bridgehead atoms. The zero-order valence-corrected chi connectivity index (χ0v) is 18.6. The largest absolute Gasteiger partial charge is 0.408 e. The van der Waals surface area contributed by atoms with E-state index in [1.165, 1.54) is 24.5 Å². The number of hydrogen-bond donors (Lipinski definition) is 2. The van der Waals surface area contributed by atoms with E-state index in [1.807, 2.05) is 4.90 Å². The van der Waals surface area contributed by atoms with Crippen molar-refractivity contribution in [1.29, 1.82) is 0 Å². The second-order valence-electron chi connectivity index (χ2n) is 8.21. The highest BCUT2D eigenvalue weighted by atomic mass is 32.2. The van der Waals surface area contributed by atoms with Crippen molar-refractivity contribution in [2.75, 3.05) is 19.3 Å². The maximum absolute atomic E-state index is 13.3. The smallest absolute Gasteiger partial charge is 0.257 e. The van der Waals surface area contributed by atoms with E-state index in [0.29, 0.717) is 30.0 Å². The van der Waals surface area contributed by atoms with Gasteiger partial charge in [-0.15, -0.1) is 0 Å². The molecule has 1 saturated heterocycles. The summed E-state index contributed by atoms with van der Waals surface area (Å²) in [7, 11) is -3.27. The Morgan fingerprint density at radius 1 is 1.09 bits per heavy atom. The van der Waals surface area contributed by atoms with Crippen molar-refractivity contribution in [1.82, 2.24) is 19.8 Å². The molecule has 1 aromatic heterocycles. The standard InChI is InChI=1S/C21H26N6O4S/c1-32(30,31)18-6-2-14(3-7-18)19-23-12-15(13-24-19)20(28)27(16-4-5-16)17-8-10-26(11-9-17)21(22)25-29/h2-3,6-7,12-13,16-17,29H,4-5,8-11H2,1H3,(H2,22,25). The maximum atomic E-state index is 13.3. The van der Waals surface area contributed by atoms with Crippen molar-refractivity contribution in [2.24, 2.45) is 10.9 Å². The third-order valence-electron chi connectivity index (χ3n) is 5.90. The van der Waals surface area contributed by atoms with Crippen LogP contribution in [0.3, 0.4) is 0 Å². The number of carbonyl (C=O) groups excluding carboxylic acids is 1. The summed E-state index contributed by atoms with van der Waals surface area (Å²) < 4.78 is 23.2. The number of piperidine rings is 1. The summed E-state index contributed by atoms with van der Waals surface area (Å²) in [5.41, 5.74) is 6.78. The van der Waals surface area contributed by atoms with Gasteiger partial charge in [0.15, 0.2) is 15.7 Å². The van der Waals surface area contributed by atoms with Crippen LogP contribution in [0, 0.1) is 0 Å². The van der Waals surface area contributed by atoms with E-state index >= 15 is 0 Å². The predicted molar refractivity (Wildman–Crippen MR) is 118 cm³/mol. The molecule has 11 heteroatoms. The van der Waals surface area contributed by atoms with Gasteiger partial charge in [0.1, 0.15) is 0 Å². The first kappa shape index (κ1) is 22.0. The van der Waals surface area contributed by atoms with Crippen LogP contribution in [-0.4, -0.2) is 76.7 Å². The topological polar surface area (TPSA) is 142 Å². The van der Waals surface area contributed by atoms with E-state index in [0.717, 1.165) is 31.9 Å². The van der Waals surface area contributed by atoms with Gasteiger partial charge in [0.2, 0.25) is 5.96 Å². The molecular weight excluding hydrogens is 432 g/mol. The molecule has 2 fully saturated rings. The molecule has 0 spiro atoms. The normalized spacial score (nSPS) is 17.9. The third kappa shape index (κ3) is 4.67. The minimum Gasteiger partial charge on any atom is -0.408 e. The molecule has 1 aliphatic heterocycles. The Labute approximate surface area is 186 Å². The van der Waals surface area contributed by atoms with E-state index < -0.39 is 9.84 Å². The molecule has 0 radical (unpaired) electrons. The van der Waals surface area contributed by atoms with Crippen molar-refractivity contribution in [3.8, 4) is 11.4 Å². The third-order valence-corrected chi connectivity index (χ3v) is 7.03. The quantitative estimate of drug-likeness (QED) is 0.296. The number of carbonyl (C=O) groups is 1. The van der Waals surface area contributed by atoms with Gasteiger partial charge in [-0.2, -0.15) is 0 Å². The number of oxime groups is 1. The van der Waals surface area contributed by atoms with Crippen LogP contribution >= 0.6 is 0 Å². The highest BCUT2D eigenvalue weighted by Gasteiger charge is 2.39. The molecule has 1 amide bonds. The number of aromatic nitrogens is 2. The molecule has 1 saturated carbocycles. The van der Waals surface area contributed by atoms with Gasteiger partial charge in [-0.05, 0) is 49.9 Å². The first-order chi connectivity index (χ1) is 15.3. The lowest BCUT2D eigenvalue weighted by Gasteiger charge is -2.38. The zero-order chi connectivity index (χ0) is 22.9. The Kier molecular flexibility index (Phi) is 6.00. The van der Waals surface area contributed by atoms with Gasteiger partial charge in [-0.1, -0.05) is 5.16 Å². The second-order valence-corrected chi connectivity index (χ2v) is 10.2. The Balaban J connectivity index is 1.47. The van der Waals surface area contributed by atoms with Gasteiger partial charge in [0.25, 0.3) is 5.91 Å². The van der Waals surface area contributed by atoms with Crippen LogP contribution in [0.15, 0.2) is 46.7 Å². The second kappa shape index (κ2) is 8.73. The summed E-state index contributed by atoms with van der Waals surface area (Å²) in [5.74, 6) is 0.432. The average molecular weight is 459 g/mol. The molecule has 2 heterocycles. The van der Waals surface area contributed by atoms with Crippen molar-refractivity contribution in [2.45, 2.75) is 42.7 Å². The maximum Gasteiger partial charge on any atom is 0.257 e. The molecule has 32 heavy (non-hydrogen) atoms. The molecule has 2 aliphatic rings. The lowest BCUT2D eigenvalue weighted by atomic mass is 10.0. The monoisotopic (exact) mass is 458 g/mol. The summed E-state index contributed by atoms with van der Waals surface area (Å²) in [6.07, 6.45) is 7.65.